The van der Waals surface area contributed by atoms with Crippen LogP contribution in [0.3, 0.4) is 0 Å². The van der Waals surface area contributed by atoms with E-state index in [0.717, 1.165) is 32.4 Å². The number of carbonyl (C=O) groups is 1. The van der Waals surface area contributed by atoms with Crippen LogP contribution >= 0.6 is 11.6 Å². The Balaban J connectivity index is 1.88. The summed E-state index contributed by atoms with van der Waals surface area (Å²) in [5.74, 6) is -0.645. The first kappa shape index (κ1) is 17.2. The normalized spacial score (nSPS) is 20.1. The molecule has 2 N–H and O–H groups in total. The number of aliphatic hydroxyl groups excluding tert-OH is 1. The largest absolute Gasteiger partial charge is 0.387 e. The number of benzene rings is 1. The highest BCUT2D eigenvalue weighted by Gasteiger charge is 2.29. The number of aliphatic hydroxyl groups is 1. The van der Waals surface area contributed by atoms with Gasteiger partial charge in [-0.1, -0.05) is 24.6 Å². The van der Waals surface area contributed by atoms with E-state index in [0.29, 0.717) is 5.56 Å². The lowest BCUT2D eigenvalue weighted by atomic mass is 10.1. The van der Waals surface area contributed by atoms with Crippen LogP contribution in [-0.2, 0) is 4.79 Å². The molecule has 0 spiro atoms. The summed E-state index contributed by atoms with van der Waals surface area (Å²) in [5, 5.41) is 12.8. The van der Waals surface area contributed by atoms with Crippen molar-refractivity contribution in [2.45, 2.75) is 38.3 Å². The first-order chi connectivity index (χ1) is 10.5. The van der Waals surface area contributed by atoms with Crippen LogP contribution in [0.15, 0.2) is 18.2 Å². The maximum absolute atomic E-state index is 13.4. The fourth-order valence-electron chi connectivity index (χ4n) is 2.83. The van der Waals surface area contributed by atoms with E-state index in [-0.39, 0.29) is 23.5 Å². The van der Waals surface area contributed by atoms with Crippen LogP contribution in [0.25, 0.3) is 0 Å². The highest BCUT2D eigenvalue weighted by molar-refractivity contribution is 6.30. The third-order valence-corrected chi connectivity index (χ3v) is 4.28. The maximum Gasteiger partial charge on any atom is 0.237 e. The zero-order valence-electron chi connectivity index (χ0n) is 12.7. The first-order valence-corrected chi connectivity index (χ1v) is 8.05. The summed E-state index contributed by atoms with van der Waals surface area (Å²) in [4.78, 5) is 14.4. The van der Waals surface area contributed by atoms with Crippen molar-refractivity contribution in [3.8, 4) is 0 Å². The number of rotatable bonds is 6. The number of likely N-dealkylation sites (tertiary alicyclic amines) is 1. The highest BCUT2D eigenvalue weighted by atomic mass is 35.5. The standard InChI is InChI=1S/C16H22ClFN2O2/c1-2-7-20-8-3-4-14(20)16(22)19-10-15(21)11-5-6-12(17)13(18)9-11/h5-6,9,14-15,21H,2-4,7-8,10H2,1H3,(H,19,22). The molecule has 1 heterocycles. The van der Waals surface area contributed by atoms with Gasteiger partial charge in [-0.05, 0) is 50.0 Å². The van der Waals surface area contributed by atoms with Gasteiger partial charge in [0.05, 0.1) is 17.2 Å². The fraction of sp³-hybridized carbons (Fsp3) is 0.562. The maximum atomic E-state index is 13.4. The van der Waals surface area contributed by atoms with Crippen molar-refractivity contribution in [1.82, 2.24) is 10.2 Å². The number of hydrogen-bond donors (Lipinski definition) is 2. The Morgan fingerprint density at radius 3 is 3.05 bits per heavy atom. The number of halogens is 2. The average Bonchev–Trinajstić information content (AvgIpc) is 2.96. The van der Waals surface area contributed by atoms with Crippen LogP contribution in [0.4, 0.5) is 4.39 Å². The van der Waals surface area contributed by atoms with Gasteiger partial charge in [-0.3, -0.25) is 9.69 Å². The Kier molecular flexibility index (Phi) is 6.17. The zero-order chi connectivity index (χ0) is 16.1. The summed E-state index contributed by atoms with van der Waals surface area (Å²) in [6.07, 6.45) is 1.92. The molecule has 0 saturated carbocycles. The predicted octanol–water partition coefficient (Wildman–Crippen LogP) is 2.50. The summed E-state index contributed by atoms with van der Waals surface area (Å²) < 4.78 is 13.4. The summed E-state index contributed by atoms with van der Waals surface area (Å²) >= 11 is 5.61. The van der Waals surface area contributed by atoms with E-state index in [1.54, 1.807) is 6.07 Å². The minimum Gasteiger partial charge on any atom is -0.387 e. The Bertz CT molecular complexity index is 527. The van der Waals surface area contributed by atoms with Crippen molar-refractivity contribution < 1.29 is 14.3 Å². The van der Waals surface area contributed by atoms with E-state index in [9.17, 15) is 14.3 Å². The topological polar surface area (TPSA) is 52.6 Å². The molecule has 4 nitrogen and oxygen atoms in total. The first-order valence-electron chi connectivity index (χ1n) is 7.67. The SMILES string of the molecule is CCCN1CCCC1C(=O)NCC(O)c1ccc(Cl)c(F)c1. The van der Waals surface area contributed by atoms with E-state index in [4.69, 9.17) is 11.6 Å². The molecule has 0 aromatic heterocycles. The van der Waals surface area contributed by atoms with Crippen molar-refractivity contribution >= 4 is 17.5 Å². The lowest BCUT2D eigenvalue weighted by Gasteiger charge is -2.23. The third-order valence-electron chi connectivity index (χ3n) is 3.98. The molecule has 2 unspecified atom stereocenters. The van der Waals surface area contributed by atoms with Gasteiger partial charge in [0.1, 0.15) is 5.82 Å². The van der Waals surface area contributed by atoms with Crippen LogP contribution < -0.4 is 5.32 Å². The monoisotopic (exact) mass is 328 g/mol. The van der Waals surface area contributed by atoms with E-state index in [2.05, 4.69) is 17.1 Å². The van der Waals surface area contributed by atoms with Crippen molar-refractivity contribution in [2.24, 2.45) is 0 Å². The molecule has 6 heteroatoms. The number of carbonyl (C=O) groups excluding carboxylic acids is 1. The lowest BCUT2D eigenvalue weighted by Crippen LogP contribution is -2.44. The van der Waals surface area contributed by atoms with Gasteiger partial charge < -0.3 is 10.4 Å². The molecule has 1 amide bonds. The molecule has 0 aliphatic carbocycles. The number of hydrogen-bond acceptors (Lipinski definition) is 3. The zero-order valence-corrected chi connectivity index (χ0v) is 13.4. The van der Waals surface area contributed by atoms with Gasteiger partial charge >= 0.3 is 0 Å². The van der Waals surface area contributed by atoms with E-state index in [1.807, 2.05) is 0 Å². The van der Waals surface area contributed by atoms with Crippen molar-refractivity contribution in [3.63, 3.8) is 0 Å². The molecule has 0 bridgehead atoms. The molecule has 1 aliphatic heterocycles. The lowest BCUT2D eigenvalue weighted by molar-refractivity contribution is -0.125. The van der Waals surface area contributed by atoms with Crippen molar-refractivity contribution in [1.29, 1.82) is 0 Å². The molecular weight excluding hydrogens is 307 g/mol. The van der Waals surface area contributed by atoms with Crippen LogP contribution in [-0.4, -0.2) is 41.6 Å². The second-order valence-electron chi connectivity index (χ2n) is 5.63. The Labute approximate surface area is 135 Å². The molecule has 1 aromatic carbocycles. The minimum absolute atomic E-state index is 0.0150. The summed E-state index contributed by atoms with van der Waals surface area (Å²) in [6, 6.07) is 4.03. The van der Waals surface area contributed by atoms with Gasteiger partial charge in [-0.2, -0.15) is 0 Å². The van der Waals surface area contributed by atoms with Gasteiger partial charge in [0.2, 0.25) is 5.91 Å². The predicted molar refractivity (Wildman–Crippen MR) is 84.3 cm³/mol. The molecular formula is C16H22ClFN2O2. The average molecular weight is 329 g/mol. The Morgan fingerprint density at radius 2 is 2.36 bits per heavy atom. The molecule has 1 aromatic rings. The van der Waals surface area contributed by atoms with Gasteiger partial charge in [0.15, 0.2) is 0 Å². The van der Waals surface area contributed by atoms with Gasteiger partial charge in [-0.15, -0.1) is 0 Å². The molecule has 0 radical (unpaired) electrons. The van der Waals surface area contributed by atoms with Crippen LogP contribution in [0.2, 0.25) is 5.02 Å². The fourth-order valence-corrected chi connectivity index (χ4v) is 2.95. The molecule has 2 rings (SSSR count). The summed E-state index contributed by atoms with van der Waals surface area (Å²) in [6.45, 7) is 4.00. The van der Waals surface area contributed by atoms with E-state index < -0.39 is 11.9 Å². The number of nitrogens with zero attached hydrogens (tertiary/aromatic N) is 1. The minimum atomic E-state index is -0.947. The Morgan fingerprint density at radius 1 is 1.59 bits per heavy atom. The third kappa shape index (κ3) is 4.18. The molecule has 1 fully saturated rings. The van der Waals surface area contributed by atoms with Crippen molar-refractivity contribution in [2.75, 3.05) is 19.6 Å². The quantitative estimate of drug-likeness (QED) is 0.843. The van der Waals surface area contributed by atoms with Gasteiger partial charge in [0, 0.05) is 6.54 Å². The van der Waals surface area contributed by atoms with Gasteiger partial charge in [0.25, 0.3) is 0 Å². The second kappa shape index (κ2) is 7.90. The highest BCUT2D eigenvalue weighted by Crippen LogP contribution is 2.21. The van der Waals surface area contributed by atoms with E-state index in [1.165, 1.54) is 12.1 Å². The Hall–Kier alpha value is -1.17. The number of amides is 1. The smallest absolute Gasteiger partial charge is 0.237 e. The summed E-state index contributed by atoms with van der Waals surface area (Å²) in [5.41, 5.74) is 0.402. The van der Waals surface area contributed by atoms with Gasteiger partial charge in [-0.25, -0.2) is 4.39 Å². The molecule has 1 aliphatic rings. The molecule has 2 atom stereocenters. The molecule has 22 heavy (non-hydrogen) atoms. The second-order valence-corrected chi connectivity index (χ2v) is 6.04. The van der Waals surface area contributed by atoms with E-state index >= 15 is 0 Å². The van der Waals surface area contributed by atoms with Crippen LogP contribution in [0, 0.1) is 5.82 Å². The van der Waals surface area contributed by atoms with Crippen molar-refractivity contribution in [3.05, 3.63) is 34.6 Å². The van der Waals surface area contributed by atoms with Crippen LogP contribution in [0.5, 0.6) is 0 Å². The van der Waals surface area contributed by atoms with Crippen LogP contribution in [0.1, 0.15) is 37.9 Å². The number of nitrogens with one attached hydrogen (secondary N) is 1. The summed E-state index contributed by atoms with van der Waals surface area (Å²) in [7, 11) is 0. The molecule has 122 valence electrons. The molecule has 1 saturated heterocycles.